The molecule has 0 aliphatic carbocycles. The van der Waals surface area contributed by atoms with E-state index in [-0.39, 0.29) is 35.0 Å². The number of benzene rings is 1. The van der Waals surface area contributed by atoms with E-state index >= 15 is 0 Å². The molecule has 1 fully saturated rings. The first-order valence-electron chi connectivity index (χ1n) is 8.95. The van der Waals surface area contributed by atoms with E-state index in [9.17, 15) is 18.0 Å². The SMILES string of the molecule is CN(C)C(=O)c1csc(S(=O)(=O)N2CCC(C(=O)Nc3ccccc3)CC2)c1. The number of hydrogen-bond acceptors (Lipinski definition) is 5. The zero-order valence-corrected chi connectivity index (χ0v) is 17.4. The predicted octanol–water partition coefficient (Wildman–Crippen LogP) is 2.49. The van der Waals surface area contributed by atoms with Gasteiger partial charge in [-0.15, -0.1) is 11.3 Å². The highest BCUT2D eigenvalue weighted by atomic mass is 32.2. The van der Waals surface area contributed by atoms with Crippen LogP contribution in [-0.4, -0.2) is 56.6 Å². The Morgan fingerprint density at radius 2 is 1.79 bits per heavy atom. The van der Waals surface area contributed by atoms with Crippen LogP contribution in [0.1, 0.15) is 23.2 Å². The summed E-state index contributed by atoms with van der Waals surface area (Å²) in [6, 6.07) is 10.6. The van der Waals surface area contributed by atoms with Gasteiger partial charge >= 0.3 is 0 Å². The zero-order valence-electron chi connectivity index (χ0n) is 15.8. The molecule has 1 aliphatic rings. The lowest BCUT2D eigenvalue weighted by Crippen LogP contribution is -2.41. The molecule has 0 bridgehead atoms. The van der Waals surface area contributed by atoms with E-state index < -0.39 is 10.0 Å². The Bertz CT molecular complexity index is 947. The molecule has 7 nitrogen and oxygen atoms in total. The molecule has 0 spiro atoms. The van der Waals surface area contributed by atoms with E-state index in [1.54, 1.807) is 19.5 Å². The molecule has 2 heterocycles. The van der Waals surface area contributed by atoms with Crippen molar-refractivity contribution in [1.82, 2.24) is 9.21 Å². The number of sulfonamides is 1. The molecule has 1 N–H and O–H groups in total. The fraction of sp³-hybridized carbons (Fsp3) is 0.368. The van der Waals surface area contributed by atoms with Crippen molar-refractivity contribution in [2.75, 3.05) is 32.5 Å². The van der Waals surface area contributed by atoms with Crippen molar-refractivity contribution >= 4 is 38.9 Å². The fourth-order valence-electron chi connectivity index (χ4n) is 3.07. The topological polar surface area (TPSA) is 86.8 Å². The van der Waals surface area contributed by atoms with Gasteiger partial charge in [0.25, 0.3) is 15.9 Å². The maximum absolute atomic E-state index is 12.9. The lowest BCUT2D eigenvalue weighted by atomic mass is 9.97. The number of para-hydroxylation sites is 1. The first-order valence-corrected chi connectivity index (χ1v) is 11.3. The van der Waals surface area contributed by atoms with E-state index in [1.165, 1.54) is 15.3 Å². The average molecular weight is 422 g/mol. The largest absolute Gasteiger partial charge is 0.345 e. The third-order valence-corrected chi connectivity index (χ3v) is 8.00. The number of anilines is 1. The molecule has 28 heavy (non-hydrogen) atoms. The first kappa shape index (κ1) is 20.5. The van der Waals surface area contributed by atoms with Crippen molar-refractivity contribution < 1.29 is 18.0 Å². The van der Waals surface area contributed by atoms with E-state index in [4.69, 9.17) is 0 Å². The number of nitrogens with zero attached hydrogens (tertiary/aromatic N) is 2. The summed E-state index contributed by atoms with van der Waals surface area (Å²) < 4.78 is 27.3. The minimum Gasteiger partial charge on any atom is -0.345 e. The molecule has 2 amide bonds. The average Bonchev–Trinajstić information content (AvgIpc) is 3.19. The van der Waals surface area contributed by atoms with Gasteiger partial charge in [-0.1, -0.05) is 18.2 Å². The molecule has 0 radical (unpaired) electrons. The van der Waals surface area contributed by atoms with Crippen LogP contribution in [0.5, 0.6) is 0 Å². The van der Waals surface area contributed by atoms with E-state index in [2.05, 4.69) is 5.32 Å². The Hall–Kier alpha value is -2.23. The van der Waals surface area contributed by atoms with Gasteiger partial charge < -0.3 is 10.2 Å². The zero-order chi connectivity index (χ0) is 20.3. The summed E-state index contributed by atoms with van der Waals surface area (Å²) in [7, 11) is -0.410. The highest BCUT2D eigenvalue weighted by Gasteiger charge is 2.33. The van der Waals surface area contributed by atoms with Gasteiger partial charge in [0.15, 0.2) is 0 Å². The van der Waals surface area contributed by atoms with Crippen molar-refractivity contribution in [2.24, 2.45) is 5.92 Å². The molecule has 1 aromatic carbocycles. The summed E-state index contributed by atoms with van der Waals surface area (Å²) in [6.07, 6.45) is 0.930. The molecule has 9 heteroatoms. The summed E-state index contributed by atoms with van der Waals surface area (Å²) in [6.45, 7) is 0.564. The Balaban J connectivity index is 1.62. The smallest absolute Gasteiger partial charge is 0.254 e. The van der Waals surface area contributed by atoms with Crippen molar-refractivity contribution in [1.29, 1.82) is 0 Å². The van der Waals surface area contributed by atoms with Crippen LogP contribution in [0.3, 0.4) is 0 Å². The van der Waals surface area contributed by atoms with Gasteiger partial charge in [0.2, 0.25) is 5.91 Å². The monoisotopic (exact) mass is 421 g/mol. The standard InChI is InChI=1S/C19H23N3O4S2/c1-21(2)19(24)15-12-17(27-13-15)28(25,26)22-10-8-14(9-11-22)18(23)20-16-6-4-3-5-7-16/h3-7,12-14H,8-11H2,1-2H3,(H,20,23). The summed E-state index contributed by atoms with van der Waals surface area (Å²) in [5.74, 6) is -0.534. The summed E-state index contributed by atoms with van der Waals surface area (Å²) in [4.78, 5) is 25.8. The van der Waals surface area contributed by atoms with Gasteiger partial charge in [0.05, 0.1) is 5.56 Å². The highest BCUT2D eigenvalue weighted by Crippen LogP contribution is 2.28. The molecule has 1 saturated heterocycles. The van der Waals surface area contributed by atoms with Crippen molar-refractivity contribution in [3.8, 4) is 0 Å². The lowest BCUT2D eigenvalue weighted by Gasteiger charge is -2.30. The first-order chi connectivity index (χ1) is 13.3. The van der Waals surface area contributed by atoms with Crippen molar-refractivity contribution in [3.63, 3.8) is 0 Å². The summed E-state index contributed by atoms with van der Waals surface area (Å²) >= 11 is 1.05. The number of carbonyl (C=O) groups excluding carboxylic acids is 2. The van der Waals surface area contributed by atoms with Gasteiger partial charge in [-0.25, -0.2) is 8.42 Å². The van der Waals surface area contributed by atoms with Crippen LogP contribution >= 0.6 is 11.3 Å². The quantitative estimate of drug-likeness (QED) is 0.804. The van der Waals surface area contributed by atoms with Crippen LogP contribution in [0.15, 0.2) is 46.0 Å². The fourth-order valence-corrected chi connectivity index (χ4v) is 5.85. The van der Waals surface area contributed by atoms with Crippen LogP contribution in [0.4, 0.5) is 5.69 Å². The number of rotatable bonds is 5. The molecular weight excluding hydrogens is 398 g/mol. The number of hydrogen-bond donors (Lipinski definition) is 1. The molecule has 0 atom stereocenters. The second kappa shape index (κ2) is 8.42. The van der Waals surface area contributed by atoms with Crippen LogP contribution in [0, 0.1) is 5.92 Å². The minimum atomic E-state index is -3.66. The maximum Gasteiger partial charge on any atom is 0.254 e. The van der Waals surface area contributed by atoms with E-state index in [0.29, 0.717) is 18.4 Å². The second-order valence-electron chi connectivity index (χ2n) is 6.89. The maximum atomic E-state index is 12.9. The molecular formula is C19H23N3O4S2. The molecule has 1 aromatic heterocycles. The number of nitrogens with one attached hydrogen (secondary N) is 1. The number of carbonyl (C=O) groups is 2. The Morgan fingerprint density at radius 1 is 1.14 bits per heavy atom. The second-order valence-corrected chi connectivity index (χ2v) is 9.96. The van der Waals surface area contributed by atoms with Gasteiger partial charge in [-0.3, -0.25) is 9.59 Å². The Kier molecular flexibility index (Phi) is 6.17. The van der Waals surface area contributed by atoms with Gasteiger partial charge in [-0.05, 0) is 31.0 Å². The van der Waals surface area contributed by atoms with Crippen molar-refractivity contribution in [2.45, 2.75) is 17.1 Å². The molecule has 0 unspecified atom stereocenters. The van der Waals surface area contributed by atoms with E-state index in [0.717, 1.165) is 17.0 Å². The number of piperidine rings is 1. The molecule has 150 valence electrons. The van der Waals surface area contributed by atoms with Gasteiger partial charge in [0.1, 0.15) is 4.21 Å². The Labute approximate surface area is 169 Å². The van der Waals surface area contributed by atoms with Gasteiger partial charge in [-0.2, -0.15) is 4.31 Å². The van der Waals surface area contributed by atoms with Crippen LogP contribution < -0.4 is 5.32 Å². The predicted molar refractivity (Wildman–Crippen MR) is 109 cm³/mol. The highest BCUT2D eigenvalue weighted by molar-refractivity contribution is 7.91. The normalized spacial score (nSPS) is 15.9. The third-order valence-electron chi connectivity index (χ3n) is 4.69. The van der Waals surface area contributed by atoms with Crippen LogP contribution in [0.25, 0.3) is 0 Å². The van der Waals surface area contributed by atoms with E-state index in [1.807, 2.05) is 30.3 Å². The number of thiophene rings is 1. The Morgan fingerprint density at radius 3 is 2.39 bits per heavy atom. The lowest BCUT2D eigenvalue weighted by molar-refractivity contribution is -0.120. The molecule has 0 saturated carbocycles. The summed E-state index contributed by atoms with van der Waals surface area (Å²) in [5.41, 5.74) is 1.10. The number of amides is 2. The van der Waals surface area contributed by atoms with Crippen LogP contribution in [-0.2, 0) is 14.8 Å². The molecule has 2 aromatic rings. The molecule has 1 aliphatic heterocycles. The van der Waals surface area contributed by atoms with Crippen LogP contribution in [0.2, 0.25) is 0 Å². The minimum absolute atomic E-state index is 0.0850. The summed E-state index contributed by atoms with van der Waals surface area (Å²) in [5, 5.41) is 4.44. The third kappa shape index (κ3) is 4.43. The van der Waals surface area contributed by atoms with Gasteiger partial charge in [0, 0.05) is 44.2 Å². The molecule has 3 rings (SSSR count). The van der Waals surface area contributed by atoms with Crippen molar-refractivity contribution in [3.05, 3.63) is 47.3 Å².